The average Bonchev–Trinajstić information content (AvgIpc) is 4.17. The first kappa shape index (κ1) is 37.9. The lowest BCUT2D eigenvalue weighted by Crippen LogP contribution is -2.32. The molecule has 0 radical (unpaired) electrons. The van der Waals surface area contributed by atoms with Gasteiger partial charge in [0.2, 0.25) is 0 Å². The number of hydrogen-bond acceptors (Lipinski definition) is 6. The number of hydrogen-bond donors (Lipinski definition) is 0. The zero-order valence-corrected chi connectivity index (χ0v) is 38.8. The van der Waals surface area contributed by atoms with Gasteiger partial charge in [-0.15, -0.1) is 0 Å². The van der Waals surface area contributed by atoms with Gasteiger partial charge in [-0.25, -0.2) is 30.0 Å². The van der Waals surface area contributed by atoms with Crippen molar-refractivity contribution in [2.24, 2.45) is 30.0 Å². The van der Waals surface area contributed by atoms with Crippen molar-refractivity contribution in [3.8, 4) is 0 Å². The second-order valence-electron chi connectivity index (χ2n) is 19.6. The van der Waals surface area contributed by atoms with E-state index in [0.29, 0.717) is 30.0 Å². The van der Waals surface area contributed by atoms with Gasteiger partial charge in [-0.2, -0.15) is 0 Å². The molecule has 8 heteroatoms. The third-order valence-electron chi connectivity index (χ3n) is 16.1. The smallest absolute Gasteiger partial charge is 0.165 e. The predicted octanol–water partition coefficient (Wildman–Crippen LogP) is 14.3. The highest BCUT2D eigenvalue weighted by molar-refractivity contribution is 6.38. The van der Waals surface area contributed by atoms with Gasteiger partial charge in [0.25, 0.3) is 0 Å². The molecule has 4 aliphatic heterocycles. The Kier molecular flexibility index (Phi) is 7.00. The quantitative estimate of drug-likeness (QED) is 0.136. The minimum atomic E-state index is 0.292. The van der Waals surface area contributed by atoms with Crippen LogP contribution in [0, 0.1) is 0 Å². The second kappa shape index (κ2) is 13.5. The normalized spacial score (nSPS) is 14.5. The number of fused-ring (bicyclic) bond motifs is 34. The van der Waals surface area contributed by atoms with Crippen LogP contribution in [0.3, 0.4) is 0 Å². The Hall–Kier alpha value is -9.92. The van der Waals surface area contributed by atoms with E-state index in [1.54, 1.807) is 0 Å². The number of rotatable bonds is 0. The maximum atomic E-state index is 5.93. The summed E-state index contributed by atoms with van der Waals surface area (Å²) in [5.41, 5.74) is 5.40. The molecule has 0 atom stereocenters. The molecule has 6 heterocycles. The molecule has 0 N–H and O–H groups in total. The molecule has 14 aromatic rings. The average molecular weight is 927 g/mol. The summed E-state index contributed by atoms with van der Waals surface area (Å²) in [5.74, 6) is 4.00. The van der Waals surface area contributed by atoms with E-state index < -0.39 is 0 Å². The topological polar surface area (TPSA) is 84.0 Å². The first-order chi connectivity index (χ1) is 36.2. The third kappa shape index (κ3) is 4.71. The molecule has 0 saturated heterocycles. The van der Waals surface area contributed by atoms with E-state index in [2.05, 4.69) is 203 Å². The lowest BCUT2D eigenvalue weighted by Gasteiger charge is -2.13. The number of amidine groups is 4. The van der Waals surface area contributed by atoms with Gasteiger partial charge in [-0.3, -0.25) is 9.13 Å². The molecule has 0 spiro atoms. The Labute approximate surface area is 413 Å². The van der Waals surface area contributed by atoms with Crippen molar-refractivity contribution < 1.29 is 0 Å². The number of aromatic nitrogens is 2. The molecule has 0 amide bonds. The van der Waals surface area contributed by atoms with Gasteiger partial charge in [0.05, 0.1) is 0 Å². The summed E-state index contributed by atoms with van der Waals surface area (Å²) in [5, 5.41) is 21.9. The van der Waals surface area contributed by atoms with Crippen molar-refractivity contribution in [2.75, 3.05) is 0 Å². The van der Waals surface area contributed by atoms with E-state index in [-0.39, 0.29) is 0 Å². The van der Waals surface area contributed by atoms with Crippen molar-refractivity contribution in [3.63, 3.8) is 0 Å². The summed E-state index contributed by atoms with van der Waals surface area (Å²) >= 11 is 0. The molecule has 73 heavy (non-hydrogen) atoms. The van der Waals surface area contributed by atoms with Crippen LogP contribution in [-0.2, 0) is 6.67 Å². The van der Waals surface area contributed by atoms with Gasteiger partial charge in [0, 0.05) is 43.8 Å². The summed E-state index contributed by atoms with van der Waals surface area (Å²) in [6.45, 7) is 0.292. The summed E-state index contributed by atoms with van der Waals surface area (Å²) in [7, 11) is 0. The number of benzene rings is 12. The highest BCUT2D eigenvalue weighted by Crippen LogP contribution is 2.50. The minimum Gasteiger partial charge on any atom is -0.291 e. The molecule has 0 aliphatic carbocycles. The molecule has 0 saturated carbocycles. The van der Waals surface area contributed by atoms with Crippen LogP contribution >= 0.6 is 0 Å². The molecule has 2 aromatic heterocycles. The Morgan fingerprint density at radius 1 is 0.219 bits per heavy atom. The zero-order chi connectivity index (χ0) is 47.2. The molecule has 8 nitrogen and oxygen atoms in total. The van der Waals surface area contributed by atoms with Gasteiger partial charge in [0.15, 0.2) is 23.3 Å². The van der Waals surface area contributed by atoms with E-state index in [1.165, 1.54) is 0 Å². The summed E-state index contributed by atoms with van der Waals surface area (Å²) < 4.78 is 4.63. The van der Waals surface area contributed by atoms with Crippen LogP contribution in [0.5, 0.6) is 0 Å². The summed E-state index contributed by atoms with van der Waals surface area (Å²) in [6.07, 6.45) is 0. The van der Waals surface area contributed by atoms with Crippen LogP contribution in [0.2, 0.25) is 0 Å². The third-order valence-corrected chi connectivity index (χ3v) is 16.1. The van der Waals surface area contributed by atoms with Gasteiger partial charge in [-0.1, -0.05) is 194 Å². The van der Waals surface area contributed by atoms with E-state index in [0.717, 1.165) is 153 Å². The zero-order valence-electron chi connectivity index (χ0n) is 38.8. The highest BCUT2D eigenvalue weighted by Gasteiger charge is 2.35. The van der Waals surface area contributed by atoms with Gasteiger partial charge in [0.1, 0.15) is 29.3 Å². The summed E-state index contributed by atoms with van der Waals surface area (Å²) in [4.78, 5) is 35.0. The van der Waals surface area contributed by atoms with Crippen molar-refractivity contribution in [1.82, 2.24) is 9.13 Å². The molecule has 12 aromatic carbocycles. The molecule has 334 valence electrons. The molecule has 18 rings (SSSR count). The van der Waals surface area contributed by atoms with Crippen LogP contribution in [0.25, 0.3) is 108 Å². The molecular formula is C65H34N8. The summed E-state index contributed by atoms with van der Waals surface area (Å²) in [6, 6.07) is 69.7. The van der Waals surface area contributed by atoms with Crippen LogP contribution < -0.4 is 11.0 Å². The minimum absolute atomic E-state index is 0.292. The van der Waals surface area contributed by atoms with Crippen LogP contribution in [-0.4, -0.2) is 32.5 Å². The maximum absolute atomic E-state index is 5.93. The van der Waals surface area contributed by atoms with E-state index in [1.807, 2.05) is 0 Å². The van der Waals surface area contributed by atoms with E-state index in [9.17, 15) is 0 Å². The van der Waals surface area contributed by atoms with Gasteiger partial charge in [-0.05, 0) is 86.2 Å². The molecule has 0 fully saturated rings. The Balaban J connectivity index is 1.16. The largest absolute Gasteiger partial charge is 0.291 e. The molecule has 4 aliphatic rings. The monoisotopic (exact) mass is 926 g/mol. The van der Waals surface area contributed by atoms with Gasteiger partial charge < -0.3 is 0 Å². The van der Waals surface area contributed by atoms with Crippen molar-refractivity contribution in [2.45, 2.75) is 6.67 Å². The number of aliphatic imine (C=N–C) groups is 4. The lowest BCUT2D eigenvalue weighted by molar-refractivity contribution is 0.584. The van der Waals surface area contributed by atoms with Crippen molar-refractivity contribution >= 4 is 143 Å². The van der Waals surface area contributed by atoms with Crippen LogP contribution in [0.1, 0.15) is 22.3 Å². The fourth-order valence-corrected chi connectivity index (χ4v) is 13.2. The van der Waals surface area contributed by atoms with Crippen LogP contribution in [0.15, 0.2) is 224 Å². The van der Waals surface area contributed by atoms with Crippen molar-refractivity contribution in [1.29, 1.82) is 0 Å². The Bertz CT molecular complexity index is 4970. The Morgan fingerprint density at radius 2 is 0.452 bits per heavy atom. The fourth-order valence-electron chi connectivity index (χ4n) is 13.2. The van der Waals surface area contributed by atoms with Gasteiger partial charge >= 0.3 is 0 Å². The van der Waals surface area contributed by atoms with E-state index >= 15 is 0 Å². The maximum Gasteiger partial charge on any atom is 0.165 e. The van der Waals surface area contributed by atoms with E-state index in [4.69, 9.17) is 30.0 Å². The lowest BCUT2D eigenvalue weighted by atomic mass is 9.92. The van der Waals surface area contributed by atoms with Crippen LogP contribution in [0.4, 0.5) is 11.6 Å². The van der Waals surface area contributed by atoms with Crippen molar-refractivity contribution in [3.05, 3.63) is 227 Å². The first-order valence-electron chi connectivity index (χ1n) is 24.8. The SMILES string of the molecule is c1ccc2c(c1)c1c(c3ccccc32)C2=Nc3c4c5ccccc5c5ccccc5c4c4n3Cn3c(c5c6ccccc6c6ccccc6c5c3=NC3=NC(=N4)c4c3c3ccccc3c3ccccc43)=NC1=N2. The highest BCUT2D eigenvalue weighted by atomic mass is 15.3. The second-order valence-corrected chi connectivity index (χ2v) is 19.6. The number of nitrogens with zero attached hydrogens (tertiary/aromatic N) is 8. The standard InChI is InChI=1S/C65H34N8/c1-9-25-42-34(17-1)35-18-2-10-26-43(35)51-50(42)58-66-59(51)69-63-56-48-31-15-7-23-40(48)41-24-8-16-32-49(41)57(56)65-71-61-53-45-28-12-4-20-37(45)36-19-3-11-27-44(36)52(53)60(67-61)70-64-55-47-30-14-6-22-39(47)38-21-5-13-29-46(38)54(55)62(68-58)72(64)33-73(63)65/h1-32H,33H2. The first-order valence-corrected chi connectivity index (χ1v) is 24.8. The Morgan fingerprint density at radius 3 is 0.753 bits per heavy atom. The predicted molar refractivity (Wildman–Crippen MR) is 300 cm³/mol. The fraction of sp³-hybridized carbons (Fsp3) is 0.0154. The molecule has 0 unspecified atom stereocenters. The molecular weight excluding hydrogens is 893 g/mol. The molecule has 6 bridgehead atoms.